The molecule has 14 heteroatoms. The highest BCUT2D eigenvalue weighted by molar-refractivity contribution is 8.06. The van der Waals surface area contributed by atoms with E-state index >= 15 is 0 Å². The van der Waals surface area contributed by atoms with Crippen molar-refractivity contribution in [2.24, 2.45) is 0 Å². The first-order chi connectivity index (χ1) is 14.6. The minimum atomic E-state index is -1.36. The zero-order chi connectivity index (χ0) is 22.9. The second-order valence-electron chi connectivity index (χ2n) is 6.39. The van der Waals surface area contributed by atoms with Gasteiger partial charge >= 0.3 is 11.9 Å². The van der Waals surface area contributed by atoms with E-state index in [0.717, 1.165) is 28.0 Å². The molecule has 3 heterocycles. The van der Waals surface area contributed by atoms with E-state index in [1.165, 1.54) is 30.1 Å². The first kappa shape index (κ1) is 23.1. The fraction of sp³-hybridized carbons (Fsp3) is 0.353. The number of aromatic nitrogens is 1. The maximum absolute atomic E-state index is 13.4. The number of nitrogens with two attached hydrogens (primary N) is 1. The lowest BCUT2D eigenvalue weighted by Crippen LogP contribution is -2.70. The van der Waals surface area contributed by atoms with Gasteiger partial charge in [-0.3, -0.25) is 19.3 Å². The van der Waals surface area contributed by atoms with E-state index in [-0.39, 0.29) is 32.8 Å². The number of nitrogen functional groups attached to an aromatic ring is 1. The molecule has 0 radical (unpaired) electrons. The van der Waals surface area contributed by atoms with Crippen molar-refractivity contribution < 1.29 is 33.8 Å². The highest BCUT2D eigenvalue weighted by Gasteiger charge is 2.54. The van der Waals surface area contributed by atoms with Gasteiger partial charge in [-0.15, -0.1) is 23.1 Å². The van der Waals surface area contributed by atoms with Crippen LogP contribution in [-0.2, 0) is 19.2 Å². The van der Waals surface area contributed by atoms with E-state index in [9.17, 15) is 28.7 Å². The van der Waals surface area contributed by atoms with Crippen LogP contribution in [0.2, 0.25) is 0 Å². The largest absolute Gasteiger partial charge is 0.481 e. The predicted molar refractivity (Wildman–Crippen MR) is 115 cm³/mol. The van der Waals surface area contributed by atoms with Crippen LogP contribution in [0.5, 0.6) is 0 Å². The molecule has 31 heavy (non-hydrogen) atoms. The zero-order valence-electron chi connectivity index (χ0n) is 15.9. The van der Waals surface area contributed by atoms with Crippen molar-refractivity contribution >= 4 is 69.3 Å². The molecule has 0 spiro atoms. The Morgan fingerprint density at radius 3 is 2.74 bits per heavy atom. The molecule has 0 aliphatic carbocycles. The summed E-state index contributed by atoms with van der Waals surface area (Å²) in [5.41, 5.74) is 4.07. The number of amides is 2. The molecule has 1 fully saturated rings. The number of aliphatic carboxylic acids is 2. The first-order valence-electron chi connectivity index (χ1n) is 8.76. The summed E-state index contributed by atoms with van der Waals surface area (Å²) in [5, 5.41) is 22.0. The third-order valence-corrected chi connectivity index (χ3v) is 7.33. The second kappa shape index (κ2) is 9.28. The molecular weight excluding hydrogens is 471 g/mol. The van der Waals surface area contributed by atoms with Gasteiger partial charge < -0.3 is 21.3 Å². The Hall–Kier alpha value is -2.58. The minimum absolute atomic E-state index is 0.0566. The molecule has 2 aliphatic rings. The molecule has 3 rings (SSSR count). The molecule has 1 aromatic rings. The van der Waals surface area contributed by atoms with Gasteiger partial charge in [0, 0.05) is 16.0 Å². The summed E-state index contributed by atoms with van der Waals surface area (Å²) in [7, 11) is 0. The Kier molecular flexibility index (Phi) is 6.91. The highest BCUT2D eigenvalue weighted by atomic mass is 32.2. The zero-order valence-corrected chi connectivity index (χ0v) is 18.4. The second-order valence-corrected chi connectivity index (χ2v) is 9.76. The number of fused-ring (bicyclic) bond motifs is 1. The summed E-state index contributed by atoms with van der Waals surface area (Å²) >= 11 is 3.00. The highest BCUT2D eigenvalue weighted by Crippen LogP contribution is 2.44. The maximum atomic E-state index is 13.4. The average molecular weight is 489 g/mol. The monoisotopic (exact) mass is 488 g/mol. The molecule has 5 N–H and O–H groups in total. The molecule has 3 atom stereocenters. The van der Waals surface area contributed by atoms with Crippen LogP contribution in [0.4, 0.5) is 9.52 Å². The predicted octanol–water partition coefficient (Wildman–Crippen LogP) is 1.33. The number of hydrogen-bond donors (Lipinski definition) is 4. The Bertz CT molecular complexity index is 1010. The van der Waals surface area contributed by atoms with Crippen LogP contribution in [0, 0.1) is 0 Å². The Balaban J connectivity index is 1.81. The van der Waals surface area contributed by atoms with Gasteiger partial charge in [0.25, 0.3) is 11.8 Å². The number of nitrogens with zero attached hydrogens (tertiary/aromatic N) is 2. The van der Waals surface area contributed by atoms with Gasteiger partial charge in [0.05, 0.1) is 17.7 Å². The van der Waals surface area contributed by atoms with E-state index in [2.05, 4.69) is 10.3 Å². The fourth-order valence-electron chi connectivity index (χ4n) is 3.01. The number of thiazole rings is 1. The summed E-state index contributed by atoms with van der Waals surface area (Å²) < 4.78 is 13.4. The Morgan fingerprint density at radius 1 is 1.48 bits per heavy atom. The minimum Gasteiger partial charge on any atom is -0.481 e. The van der Waals surface area contributed by atoms with Gasteiger partial charge in [0.2, 0.25) is 0 Å². The summed E-state index contributed by atoms with van der Waals surface area (Å²) in [6.45, 7) is 1.27. The summed E-state index contributed by atoms with van der Waals surface area (Å²) in [5.74, 6) is -3.73. The third kappa shape index (κ3) is 4.85. The number of alkyl halides is 1. The van der Waals surface area contributed by atoms with Gasteiger partial charge in [-0.05, 0) is 6.92 Å². The number of β-lactam (4-membered cyclic amide) rings is 1. The number of rotatable bonds is 8. The van der Waals surface area contributed by atoms with Crippen molar-refractivity contribution in [2.75, 3.05) is 11.5 Å². The molecule has 0 saturated carbocycles. The smallest absolute Gasteiger partial charge is 0.353 e. The maximum Gasteiger partial charge on any atom is 0.353 e. The van der Waals surface area contributed by atoms with Crippen LogP contribution < -0.4 is 11.1 Å². The van der Waals surface area contributed by atoms with E-state index in [1.807, 2.05) is 0 Å². The number of nitrogens with one attached hydrogen (secondary N) is 1. The van der Waals surface area contributed by atoms with Crippen molar-refractivity contribution in [1.82, 2.24) is 15.2 Å². The lowest BCUT2D eigenvalue weighted by Gasteiger charge is -2.49. The standard InChI is InChI=1S/C17H17FN4O6S3/c1-6(18)31-9-5-29-15-11(14(26)22(15)12(9)16(27)28)21-13(25)7(2-3-10(23)24)8-4-30-17(19)20-8/h2,4,6,11,15H,3,5H2,1H3,(H2,19,20)(H,21,25)(H,23,24)(H,27,28)/b7-2+/t6?,11-,15-/m1/s1. The summed E-state index contributed by atoms with van der Waals surface area (Å²) in [6, 6.07) is -1.02. The fourth-order valence-corrected chi connectivity index (χ4v) is 5.93. The molecule has 0 bridgehead atoms. The SMILES string of the molecule is CC(F)SC1=C(C(=O)O)N2C(=O)[C@@H](NC(=O)/C(=C/CC(=O)O)c3csc(N)n3)[C@H]2SC1. The topological polar surface area (TPSA) is 163 Å². The normalized spacial score (nSPS) is 21.9. The van der Waals surface area contributed by atoms with Crippen LogP contribution in [0.1, 0.15) is 19.0 Å². The van der Waals surface area contributed by atoms with Crippen LogP contribution >= 0.6 is 34.9 Å². The van der Waals surface area contributed by atoms with Gasteiger partial charge in [-0.25, -0.2) is 14.2 Å². The van der Waals surface area contributed by atoms with E-state index in [1.54, 1.807) is 0 Å². The molecule has 1 aromatic heterocycles. The lowest BCUT2D eigenvalue weighted by molar-refractivity contribution is -0.150. The number of hydrogen-bond acceptors (Lipinski definition) is 9. The molecular formula is C17H17FN4O6S3. The van der Waals surface area contributed by atoms with Gasteiger partial charge in [0.15, 0.2) is 5.13 Å². The van der Waals surface area contributed by atoms with Gasteiger partial charge in [-0.2, -0.15) is 0 Å². The van der Waals surface area contributed by atoms with Gasteiger partial charge in [0.1, 0.15) is 22.6 Å². The average Bonchev–Trinajstić information content (AvgIpc) is 3.10. The number of carboxylic acid groups (broad SMARTS) is 2. The van der Waals surface area contributed by atoms with Crippen LogP contribution in [0.3, 0.4) is 0 Å². The van der Waals surface area contributed by atoms with E-state index in [4.69, 9.17) is 10.8 Å². The van der Waals surface area contributed by atoms with Crippen molar-refractivity contribution in [3.05, 3.63) is 27.8 Å². The quantitative estimate of drug-likeness (QED) is 0.310. The van der Waals surface area contributed by atoms with E-state index in [0.29, 0.717) is 0 Å². The first-order valence-corrected chi connectivity index (χ1v) is 11.6. The van der Waals surface area contributed by atoms with Crippen molar-refractivity contribution in [3.8, 4) is 0 Å². The van der Waals surface area contributed by atoms with Crippen LogP contribution in [0.15, 0.2) is 22.1 Å². The number of carbonyl (C=O) groups is 4. The summed E-state index contributed by atoms with van der Waals surface area (Å²) in [6.07, 6.45) is 0.720. The van der Waals surface area contributed by atoms with Gasteiger partial charge in [-0.1, -0.05) is 17.8 Å². The number of halogens is 1. The molecule has 1 saturated heterocycles. The molecule has 2 aliphatic heterocycles. The van der Waals surface area contributed by atoms with Crippen LogP contribution in [0.25, 0.3) is 5.57 Å². The third-order valence-electron chi connectivity index (χ3n) is 4.25. The van der Waals surface area contributed by atoms with Crippen molar-refractivity contribution in [2.45, 2.75) is 30.3 Å². The number of anilines is 1. The number of carbonyl (C=O) groups excluding carboxylic acids is 2. The Morgan fingerprint density at radius 2 is 2.19 bits per heavy atom. The van der Waals surface area contributed by atoms with Crippen LogP contribution in [-0.4, -0.2) is 66.5 Å². The molecule has 2 amide bonds. The van der Waals surface area contributed by atoms with Crippen molar-refractivity contribution in [3.63, 3.8) is 0 Å². The lowest BCUT2D eigenvalue weighted by atomic mass is 10.0. The molecule has 166 valence electrons. The molecule has 10 nitrogen and oxygen atoms in total. The van der Waals surface area contributed by atoms with E-state index < -0.39 is 47.1 Å². The number of carboxylic acids is 2. The number of thioether (sulfide) groups is 2. The Labute approximate surface area is 187 Å². The molecule has 0 aromatic carbocycles. The van der Waals surface area contributed by atoms with Crippen molar-refractivity contribution in [1.29, 1.82) is 0 Å². The summed E-state index contributed by atoms with van der Waals surface area (Å²) in [4.78, 5) is 53.3. The molecule has 1 unspecified atom stereocenters.